The fraction of sp³-hybridized carbons (Fsp3) is 0.143. The summed E-state index contributed by atoms with van der Waals surface area (Å²) in [4.78, 5) is 0. The summed E-state index contributed by atoms with van der Waals surface area (Å²) in [5.41, 5.74) is -0.619. The fourth-order valence-electron chi connectivity index (χ4n) is 0.816. The van der Waals surface area contributed by atoms with Crippen LogP contribution >= 0.6 is 11.6 Å². The standard InChI is InChI=1S/C7H5ClF3NO3S/c8-3-1-5(6(13)2-4(3)9)12-16(14,15)7(10)11/h1-2,7,12-13H. The van der Waals surface area contributed by atoms with Gasteiger partial charge in [-0.1, -0.05) is 11.6 Å². The van der Waals surface area contributed by atoms with Gasteiger partial charge in [0.25, 0.3) is 10.0 Å². The summed E-state index contributed by atoms with van der Waals surface area (Å²) in [5, 5.41) is 8.58. The van der Waals surface area contributed by atoms with E-state index in [0.717, 1.165) is 0 Å². The lowest BCUT2D eigenvalue weighted by Crippen LogP contribution is -2.20. The second kappa shape index (κ2) is 4.38. The largest absolute Gasteiger partial charge is 0.506 e. The van der Waals surface area contributed by atoms with E-state index in [4.69, 9.17) is 16.7 Å². The van der Waals surface area contributed by atoms with Gasteiger partial charge in [0, 0.05) is 6.07 Å². The predicted octanol–water partition coefficient (Wildman–Crippen LogP) is 2.15. The molecule has 0 atom stereocenters. The average Bonchev–Trinajstić information content (AvgIpc) is 2.13. The molecule has 2 N–H and O–H groups in total. The van der Waals surface area contributed by atoms with Crippen molar-refractivity contribution < 1.29 is 26.7 Å². The van der Waals surface area contributed by atoms with Crippen molar-refractivity contribution in [3.05, 3.63) is 23.0 Å². The zero-order valence-electron chi connectivity index (χ0n) is 7.42. The van der Waals surface area contributed by atoms with E-state index in [2.05, 4.69) is 0 Å². The van der Waals surface area contributed by atoms with Crippen LogP contribution in [0.4, 0.5) is 18.9 Å². The summed E-state index contributed by atoms with van der Waals surface area (Å²) in [5.74, 6) is -5.51. The molecule has 90 valence electrons. The molecule has 1 aromatic carbocycles. The van der Waals surface area contributed by atoms with Crippen molar-refractivity contribution in [3.8, 4) is 5.75 Å². The topological polar surface area (TPSA) is 66.4 Å². The number of phenols is 1. The third-order valence-electron chi connectivity index (χ3n) is 1.53. The quantitative estimate of drug-likeness (QED) is 0.831. The van der Waals surface area contributed by atoms with Crippen LogP contribution in [0.1, 0.15) is 0 Å². The molecule has 9 heteroatoms. The molecule has 0 radical (unpaired) electrons. The lowest BCUT2D eigenvalue weighted by Gasteiger charge is -2.09. The van der Waals surface area contributed by atoms with Crippen molar-refractivity contribution in [3.63, 3.8) is 0 Å². The highest BCUT2D eigenvalue weighted by Crippen LogP contribution is 2.30. The second-order valence-electron chi connectivity index (χ2n) is 2.69. The maximum Gasteiger partial charge on any atom is 0.355 e. The first kappa shape index (κ1) is 12.9. The molecule has 0 amide bonds. The molecule has 0 aliphatic rings. The van der Waals surface area contributed by atoms with Crippen molar-refractivity contribution in [2.75, 3.05) is 4.72 Å². The van der Waals surface area contributed by atoms with Crippen LogP contribution in [0, 0.1) is 5.82 Å². The maximum absolute atomic E-state index is 12.7. The van der Waals surface area contributed by atoms with Crippen LogP contribution in [0.25, 0.3) is 0 Å². The molecule has 4 nitrogen and oxygen atoms in total. The first-order chi connectivity index (χ1) is 7.24. The Hall–Kier alpha value is -1.15. The number of hydrogen-bond acceptors (Lipinski definition) is 3. The highest BCUT2D eigenvalue weighted by molar-refractivity contribution is 7.93. The van der Waals surface area contributed by atoms with Gasteiger partial charge < -0.3 is 5.11 Å². The van der Waals surface area contributed by atoms with Crippen LogP contribution in [0.5, 0.6) is 5.75 Å². The van der Waals surface area contributed by atoms with Crippen LogP contribution in [0.2, 0.25) is 5.02 Å². The van der Waals surface area contributed by atoms with E-state index in [1.165, 1.54) is 4.72 Å². The van der Waals surface area contributed by atoms with Gasteiger partial charge in [-0.2, -0.15) is 8.78 Å². The molecule has 0 fully saturated rings. The number of rotatable bonds is 3. The molecule has 16 heavy (non-hydrogen) atoms. The molecule has 0 saturated carbocycles. The van der Waals surface area contributed by atoms with Crippen LogP contribution in [0.3, 0.4) is 0 Å². The van der Waals surface area contributed by atoms with Gasteiger partial charge in [-0.3, -0.25) is 4.72 Å². The number of sulfonamides is 1. The maximum atomic E-state index is 12.7. The van der Waals surface area contributed by atoms with Gasteiger partial charge >= 0.3 is 5.76 Å². The van der Waals surface area contributed by atoms with E-state index in [1.807, 2.05) is 0 Å². The van der Waals surface area contributed by atoms with Gasteiger partial charge in [0.05, 0.1) is 10.7 Å². The number of aromatic hydroxyl groups is 1. The van der Waals surface area contributed by atoms with E-state index in [0.29, 0.717) is 12.1 Å². The van der Waals surface area contributed by atoms with Crippen LogP contribution in [-0.4, -0.2) is 19.3 Å². The first-order valence-electron chi connectivity index (χ1n) is 3.72. The fourth-order valence-corrected chi connectivity index (χ4v) is 1.54. The van der Waals surface area contributed by atoms with Gasteiger partial charge in [-0.05, 0) is 6.07 Å². The van der Waals surface area contributed by atoms with E-state index >= 15 is 0 Å². The zero-order valence-corrected chi connectivity index (χ0v) is 8.99. The number of alkyl halides is 2. The number of halogens is 4. The molecule has 0 bridgehead atoms. The average molecular weight is 276 g/mol. The second-order valence-corrected chi connectivity index (χ2v) is 4.75. The van der Waals surface area contributed by atoms with Crippen molar-refractivity contribution in [1.82, 2.24) is 0 Å². The minimum absolute atomic E-state index is 0.506. The summed E-state index contributed by atoms with van der Waals surface area (Å²) in [7, 11) is -4.93. The summed E-state index contributed by atoms with van der Waals surface area (Å²) in [6, 6.07) is 1.19. The summed E-state index contributed by atoms with van der Waals surface area (Å²) in [6.07, 6.45) is 0. The Balaban J connectivity index is 3.13. The van der Waals surface area contributed by atoms with Crippen LogP contribution in [-0.2, 0) is 10.0 Å². The molecular formula is C7H5ClF3NO3S. The van der Waals surface area contributed by atoms with Gasteiger partial charge in [0.1, 0.15) is 11.6 Å². The van der Waals surface area contributed by atoms with E-state index in [-0.39, 0.29) is 0 Å². The monoisotopic (exact) mass is 275 g/mol. The lowest BCUT2D eigenvalue weighted by molar-refractivity contribution is 0.236. The number of anilines is 1. The smallest absolute Gasteiger partial charge is 0.355 e. The molecule has 0 saturated heterocycles. The molecule has 0 heterocycles. The number of benzene rings is 1. The highest BCUT2D eigenvalue weighted by Gasteiger charge is 2.25. The Morgan fingerprint density at radius 1 is 1.38 bits per heavy atom. The van der Waals surface area contributed by atoms with Crippen molar-refractivity contribution in [2.45, 2.75) is 5.76 Å². The number of nitrogens with one attached hydrogen (secondary N) is 1. The van der Waals surface area contributed by atoms with Gasteiger partial charge in [-0.15, -0.1) is 0 Å². The van der Waals surface area contributed by atoms with Crippen LogP contribution < -0.4 is 4.72 Å². The Kier molecular flexibility index (Phi) is 3.54. The summed E-state index contributed by atoms with van der Waals surface area (Å²) >= 11 is 5.29. The molecule has 0 unspecified atom stereocenters. The summed E-state index contributed by atoms with van der Waals surface area (Å²) < 4.78 is 59.5. The van der Waals surface area contributed by atoms with Gasteiger partial charge in [-0.25, -0.2) is 12.8 Å². The molecule has 1 aromatic rings. The van der Waals surface area contributed by atoms with Crippen molar-refractivity contribution in [2.24, 2.45) is 0 Å². The predicted molar refractivity (Wildman–Crippen MR) is 51.6 cm³/mol. The molecule has 0 aromatic heterocycles. The normalized spacial score (nSPS) is 11.8. The Morgan fingerprint density at radius 2 is 1.94 bits per heavy atom. The van der Waals surface area contributed by atoms with Crippen molar-refractivity contribution in [1.29, 1.82) is 0 Å². The minimum atomic E-state index is -4.93. The lowest BCUT2D eigenvalue weighted by atomic mass is 10.3. The molecule has 0 aliphatic heterocycles. The minimum Gasteiger partial charge on any atom is -0.506 e. The van der Waals surface area contributed by atoms with Gasteiger partial charge in [0.2, 0.25) is 0 Å². The van der Waals surface area contributed by atoms with E-state index in [1.54, 1.807) is 0 Å². The first-order valence-corrected chi connectivity index (χ1v) is 5.64. The summed E-state index contributed by atoms with van der Waals surface area (Å²) in [6.45, 7) is 0. The molecule has 1 rings (SSSR count). The third-order valence-corrected chi connectivity index (χ3v) is 2.79. The number of hydrogen-bond donors (Lipinski definition) is 2. The molecule has 0 aliphatic carbocycles. The Bertz CT molecular complexity index is 506. The Morgan fingerprint density at radius 3 is 2.44 bits per heavy atom. The third kappa shape index (κ3) is 2.70. The molecule has 0 spiro atoms. The highest BCUT2D eigenvalue weighted by atomic mass is 35.5. The van der Waals surface area contributed by atoms with Crippen molar-refractivity contribution >= 4 is 27.3 Å². The van der Waals surface area contributed by atoms with Crippen LogP contribution in [0.15, 0.2) is 12.1 Å². The SMILES string of the molecule is O=S(=O)(Nc1cc(Cl)c(F)cc1O)C(F)F. The number of phenolic OH excluding ortho intramolecular Hbond substituents is 1. The van der Waals surface area contributed by atoms with E-state index < -0.39 is 38.1 Å². The Labute approximate surface area is 93.7 Å². The van der Waals surface area contributed by atoms with E-state index in [9.17, 15) is 21.6 Å². The molecular weight excluding hydrogens is 271 g/mol. The zero-order chi connectivity index (χ0) is 12.5. The van der Waals surface area contributed by atoms with Gasteiger partial charge in [0.15, 0.2) is 0 Å².